The number of terminal acetylenes is 1. The molecule has 3 N–H and O–H groups in total. The summed E-state index contributed by atoms with van der Waals surface area (Å²) in [5.41, 5.74) is 0.883. The Morgan fingerprint density at radius 2 is 1.80 bits per heavy atom. The van der Waals surface area contributed by atoms with E-state index in [4.69, 9.17) is 6.42 Å². The number of hydrogen-bond acceptors (Lipinski definition) is 3. The van der Waals surface area contributed by atoms with E-state index in [1.54, 1.807) is 6.08 Å². The summed E-state index contributed by atoms with van der Waals surface area (Å²) in [6, 6.07) is 0. The van der Waals surface area contributed by atoms with Gasteiger partial charge in [0.05, 0.1) is 6.10 Å². The van der Waals surface area contributed by atoms with Gasteiger partial charge in [0.15, 0.2) is 0 Å². The fraction of sp³-hybridized carbons (Fsp3) is 0.829. The monoisotopic (exact) mass is 552 g/mol. The molecule has 10 atom stereocenters. The number of rotatable bonds is 11. The van der Waals surface area contributed by atoms with E-state index in [2.05, 4.69) is 37.3 Å². The normalized spacial score (nSPS) is 38.4. The fourth-order valence-corrected chi connectivity index (χ4v) is 10.0. The zero-order valence-corrected chi connectivity index (χ0v) is 25.7. The molecule has 0 radical (unpaired) electrons. The molecule has 4 fully saturated rings. The van der Waals surface area contributed by atoms with Gasteiger partial charge in [-0.1, -0.05) is 40.2 Å². The molecular formula is C35H56N2O3. The number of hydrogen-bond donors (Lipinski definition) is 3. The number of unbranched alkanes of at least 4 members (excludes halogenated alkanes) is 1. The van der Waals surface area contributed by atoms with Gasteiger partial charge in [0.25, 0.3) is 0 Å². The summed E-state index contributed by atoms with van der Waals surface area (Å²) in [5.74, 6) is 6.97. The molecule has 0 aromatic carbocycles. The van der Waals surface area contributed by atoms with E-state index in [1.165, 1.54) is 44.9 Å². The van der Waals surface area contributed by atoms with Crippen LogP contribution in [0.3, 0.4) is 0 Å². The fourth-order valence-electron chi connectivity index (χ4n) is 10.0. The van der Waals surface area contributed by atoms with Gasteiger partial charge in [-0.2, -0.15) is 0 Å². The van der Waals surface area contributed by atoms with E-state index < -0.39 is 6.17 Å². The molecular weight excluding hydrogens is 496 g/mol. The van der Waals surface area contributed by atoms with Crippen LogP contribution in [0.25, 0.3) is 0 Å². The third-order valence-electron chi connectivity index (χ3n) is 12.2. The van der Waals surface area contributed by atoms with Crippen molar-refractivity contribution in [3.63, 3.8) is 0 Å². The zero-order chi connectivity index (χ0) is 28.9. The molecule has 0 spiro atoms. The lowest BCUT2D eigenvalue weighted by Crippen LogP contribution is -2.54. The molecule has 4 rings (SSSR count). The first-order chi connectivity index (χ1) is 19.1. The van der Waals surface area contributed by atoms with Gasteiger partial charge in [0.1, 0.15) is 6.17 Å². The summed E-state index contributed by atoms with van der Waals surface area (Å²) in [4.78, 5) is 24.6. The van der Waals surface area contributed by atoms with Crippen LogP contribution in [0.15, 0.2) is 12.2 Å². The average Bonchev–Trinajstić information content (AvgIpc) is 3.27. The van der Waals surface area contributed by atoms with Crippen LogP contribution in [0, 0.1) is 58.7 Å². The van der Waals surface area contributed by atoms with Crippen LogP contribution in [0.5, 0.6) is 0 Å². The second kappa shape index (κ2) is 13.5. The number of carbonyl (C=O) groups excluding carboxylic acids is 2. The summed E-state index contributed by atoms with van der Waals surface area (Å²) < 4.78 is 0. The van der Waals surface area contributed by atoms with Gasteiger partial charge in [0, 0.05) is 12.8 Å². The number of nitrogens with one attached hydrogen (secondary N) is 2. The highest BCUT2D eigenvalue weighted by Crippen LogP contribution is 2.68. The molecule has 2 amide bonds. The van der Waals surface area contributed by atoms with E-state index in [9.17, 15) is 14.7 Å². The second-order valence-corrected chi connectivity index (χ2v) is 14.4. The SMILES string of the molecule is C#CCC(NC(=O)C=CCC[C@@H](C)[C@H]1CC[C@H]2[C@@H]3CC[C@@H]4C[C@H](O)CC[C@]4(C)[C@H]3CC[C@]12C)NC(=O)CCCC. The first-order valence-corrected chi connectivity index (χ1v) is 16.5. The summed E-state index contributed by atoms with van der Waals surface area (Å²) in [7, 11) is 0. The molecule has 0 bridgehead atoms. The van der Waals surface area contributed by atoms with Gasteiger partial charge in [-0.25, -0.2) is 0 Å². The zero-order valence-electron chi connectivity index (χ0n) is 25.7. The summed E-state index contributed by atoms with van der Waals surface area (Å²) >= 11 is 0. The lowest BCUT2D eigenvalue weighted by Gasteiger charge is -2.61. The van der Waals surface area contributed by atoms with Crippen LogP contribution < -0.4 is 10.6 Å². The Morgan fingerprint density at radius 1 is 1.05 bits per heavy atom. The van der Waals surface area contributed by atoms with Crippen molar-refractivity contribution in [1.29, 1.82) is 0 Å². The van der Waals surface area contributed by atoms with Gasteiger partial charge in [0.2, 0.25) is 11.8 Å². The minimum absolute atomic E-state index is 0.0684. The second-order valence-electron chi connectivity index (χ2n) is 14.4. The van der Waals surface area contributed by atoms with E-state index in [-0.39, 0.29) is 24.3 Å². The number of allylic oxidation sites excluding steroid dienone is 1. The Kier molecular flexibility index (Phi) is 10.5. The van der Waals surface area contributed by atoms with Crippen molar-refractivity contribution in [1.82, 2.24) is 10.6 Å². The Labute approximate surface area is 244 Å². The molecule has 224 valence electrons. The number of aliphatic hydroxyl groups excluding tert-OH is 1. The van der Waals surface area contributed by atoms with E-state index >= 15 is 0 Å². The van der Waals surface area contributed by atoms with E-state index in [1.807, 2.05) is 13.0 Å². The first-order valence-electron chi connectivity index (χ1n) is 16.5. The summed E-state index contributed by atoms with van der Waals surface area (Å²) in [6.07, 6.45) is 24.4. The molecule has 0 saturated heterocycles. The van der Waals surface area contributed by atoms with Crippen molar-refractivity contribution in [2.24, 2.45) is 46.3 Å². The van der Waals surface area contributed by atoms with Crippen LogP contribution in [0.4, 0.5) is 0 Å². The van der Waals surface area contributed by atoms with Crippen molar-refractivity contribution in [3.8, 4) is 12.3 Å². The van der Waals surface area contributed by atoms with Gasteiger partial charge in [-0.3, -0.25) is 9.59 Å². The van der Waals surface area contributed by atoms with Crippen molar-refractivity contribution >= 4 is 11.8 Å². The number of amides is 2. The van der Waals surface area contributed by atoms with Crippen LogP contribution >= 0.6 is 0 Å². The molecule has 0 aromatic rings. The maximum absolute atomic E-state index is 12.5. The van der Waals surface area contributed by atoms with Gasteiger partial charge in [-0.05, 0) is 129 Å². The number of fused-ring (bicyclic) bond motifs is 5. The third kappa shape index (κ3) is 6.64. The highest BCUT2D eigenvalue weighted by Gasteiger charge is 2.60. The van der Waals surface area contributed by atoms with Gasteiger partial charge in [-0.15, -0.1) is 12.3 Å². The molecule has 4 aliphatic carbocycles. The molecule has 4 aliphatic rings. The quantitative estimate of drug-likeness (QED) is 0.151. The number of carbonyl (C=O) groups is 2. The molecule has 5 nitrogen and oxygen atoms in total. The average molecular weight is 553 g/mol. The Hall–Kier alpha value is -1.80. The lowest BCUT2D eigenvalue weighted by molar-refractivity contribution is -0.129. The van der Waals surface area contributed by atoms with Crippen molar-refractivity contribution in [2.45, 2.75) is 136 Å². The lowest BCUT2D eigenvalue weighted by atomic mass is 9.44. The smallest absolute Gasteiger partial charge is 0.245 e. The van der Waals surface area contributed by atoms with Crippen LogP contribution in [-0.4, -0.2) is 29.2 Å². The van der Waals surface area contributed by atoms with E-state index in [0.29, 0.717) is 23.2 Å². The minimum Gasteiger partial charge on any atom is -0.393 e. The molecule has 5 heteroatoms. The Morgan fingerprint density at radius 3 is 2.55 bits per heavy atom. The first kappa shape index (κ1) is 31.1. The van der Waals surface area contributed by atoms with E-state index in [0.717, 1.165) is 68.1 Å². The van der Waals surface area contributed by atoms with Crippen molar-refractivity contribution in [2.75, 3.05) is 0 Å². The van der Waals surface area contributed by atoms with Crippen LogP contribution in [0.2, 0.25) is 0 Å². The van der Waals surface area contributed by atoms with Crippen molar-refractivity contribution < 1.29 is 14.7 Å². The molecule has 0 aromatic heterocycles. The molecule has 4 saturated carbocycles. The topological polar surface area (TPSA) is 78.4 Å². The minimum atomic E-state index is -0.521. The summed E-state index contributed by atoms with van der Waals surface area (Å²) in [6.45, 7) is 9.68. The third-order valence-corrected chi connectivity index (χ3v) is 12.2. The highest BCUT2D eigenvalue weighted by atomic mass is 16.3. The predicted octanol–water partition coefficient (Wildman–Crippen LogP) is 6.75. The summed E-state index contributed by atoms with van der Waals surface area (Å²) in [5, 5.41) is 16.0. The molecule has 1 unspecified atom stereocenters. The standard InChI is InChI=1S/C35H56N2O3/c1-6-8-13-32(39)36-31(11-7-2)37-33(40)14-10-9-12-24(3)28-17-18-29-27-16-15-25-23-26(38)19-21-34(25,4)30(27)20-22-35(28,29)5/h2,10,14,24-31,38H,6,8-9,11-13,15-23H2,1,3-5H3,(H,36,39)(H,37,40)/t24-,25-,26-,27+,28-,29+,30+,31?,34+,35-/m1/s1. The molecule has 0 aliphatic heterocycles. The number of aliphatic hydroxyl groups is 1. The van der Waals surface area contributed by atoms with Crippen LogP contribution in [-0.2, 0) is 9.59 Å². The Bertz CT molecular complexity index is 955. The maximum atomic E-state index is 12.5. The highest BCUT2D eigenvalue weighted by molar-refractivity contribution is 5.88. The van der Waals surface area contributed by atoms with Gasteiger partial charge >= 0.3 is 0 Å². The molecule has 0 heterocycles. The van der Waals surface area contributed by atoms with Crippen molar-refractivity contribution in [3.05, 3.63) is 12.2 Å². The predicted molar refractivity (Wildman–Crippen MR) is 162 cm³/mol. The molecule has 40 heavy (non-hydrogen) atoms. The van der Waals surface area contributed by atoms with Crippen LogP contribution in [0.1, 0.15) is 124 Å². The van der Waals surface area contributed by atoms with Gasteiger partial charge < -0.3 is 15.7 Å². The maximum Gasteiger partial charge on any atom is 0.245 e. The largest absolute Gasteiger partial charge is 0.393 e. The Balaban J connectivity index is 1.27.